The van der Waals surface area contributed by atoms with Crippen LogP contribution < -0.4 is 14.8 Å². The summed E-state index contributed by atoms with van der Waals surface area (Å²) in [4.78, 5) is 10.8. The lowest BCUT2D eigenvalue weighted by Gasteiger charge is -2.16. The summed E-state index contributed by atoms with van der Waals surface area (Å²) in [7, 11) is 3.30. The lowest BCUT2D eigenvalue weighted by atomic mass is 10.2. The monoisotopic (exact) mass is 273 g/mol. The van der Waals surface area contributed by atoms with Crippen molar-refractivity contribution in [3.8, 4) is 11.5 Å². The van der Waals surface area contributed by atoms with Crippen LogP contribution in [0.3, 0.4) is 0 Å². The number of aliphatic carboxylic acids is 1. The number of hydrogen-bond acceptors (Lipinski definition) is 4. The van der Waals surface area contributed by atoms with Crippen molar-refractivity contribution < 1.29 is 19.4 Å². The molecular weight excluding hydrogens is 258 g/mol. The van der Waals surface area contributed by atoms with Gasteiger partial charge in [0.1, 0.15) is 0 Å². The van der Waals surface area contributed by atoms with Gasteiger partial charge in [-0.1, -0.05) is 11.6 Å². The average molecular weight is 274 g/mol. The van der Waals surface area contributed by atoms with Gasteiger partial charge < -0.3 is 19.9 Å². The predicted octanol–water partition coefficient (Wildman–Crippen LogP) is 1.92. The Morgan fingerprint density at radius 2 is 2.22 bits per heavy atom. The third-order valence-electron chi connectivity index (χ3n) is 2.31. The van der Waals surface area contributed by atoms with Gasteiger partial charge in [-0.2, -0.15) is 0 Å². The summed E-state index contributed by atoms with van der Waals surface area (Å²) in [5.41, 5.74) is 0.926. The van der Waals surface area contributed by atoms with E-state index in [9.17, 15) is 4.79 Å². The second kappa shape index (κ2) is 6.47. The molecule has 0 aliphatic carbocycles. The van der Waals surface area contributed by atoms with E-state index in [0.717, 1.165) is 5.56 Å². The molecule has 1 unspecified atom stereocenters. The van der Waals surface area contributed by atoms with Gasteiger partial charge in [0.2, 0.25) is 0 Å². The topological polar surface area (TPSA) is 67.8 Å². The number of carboxylic acid groups (broad SMARTS) is 1. The average Bonchev–Trinajstić information content (AvgIpc) is 2.32. The lowest BCUT2D eigenvalue weighted by Crippen LogP contribution is -2.23. The molecule has 1 rings (SSSR count). The van der Waals surface area contributed by atoms with Crippen LogP contribution in [0.5, 0.6) is 11.5 Å². The molecule has 0 saturated heterocycles. The molecule has 5 nitrogen and oxygen atoms in total. The van der Waals surface area contributed by atoms with Crippen molar-refractivity contribution in [1.29, 1.82) is 0 Å². The van der Waals surface area contributed by atoms with Crippen LogP contribution in [0.25, 0.3) is 0 Å². The van der Waals surface area contributed by atoms with Crippen molar-refractivity contribution in [1.82, 2.24) is 5.32 Å². The molecule has 1 atom stereocenters. The molecule has 1 aromatic rings. The van der Waals surface area contributed by atoms with Crippen LogP contribution in [0.15, 0.2) is 12.1 Å². The maximum Gasteiger partial charge on any atom is 0.344 e. The van der Waals surface area contributed by atoms with Crippen LogP contribution in [-0.2, 0) is 11.3 Å². The van der Waals surface area contributed by atoms with E-state index in [0.29, 0.717) is 17.3 Å². The van der Waals surface area contributed by atoms with Crippen molar-refractivity contribution >= 4 is 17.6 Å². The molecule has 0 heterocycles. The van der Waals surface area contributed by atoms with Crippen LogP contribution in [-0.4, -0.2) is 31.3 Å². The Labute approximate surface area is 111 Å². The van der Waals surface area contributed by atoms with Gasteiger partial charge in [0, 0.05) is 6.54 Å². The molecule has 0 saturated carbocycles. The summed E-state index contributed by atoms with van der Waals surface area (Å²) < 4.78 is 10.4. The largest absolute Gasteiger partial charge is 0.493 e. The number of rotatable bonds is 6. The van der Waals surface area contributed by atoms with Crippen molar-refractivity contribution in [2.75, 3.05) is 14.2 Å². The molecule has 100 valence electrons. The first-order chi connectivity index (χ1) is 8.49. The zero-order valence-electron chi connectivity index (χ0n) is 10.5. The van der Waals surface area contributed by atoms with Gasteiger partial charge in [0.15, 0.2) is 17.6 Å². The minimum absolute atomic E-state index is 0.244. The Hall–Kier alpha value is -1.46. The fourth-order valence-corrected chi connectivity index (χ4v) is 1.70. The number of halogens is 1. The molecule has 0 aliphatic heterocycles. The Bertz CT molecular complexity index is 436. The number of hydrogen-bond donors (Lipinski definition) is 2. The molecule has 0 aliphatic rings. The number of benzene rings is 1. The first-order valence-electron chi connectivity index (χ1n) is 5.40. The minimum Gasteiger partial charge on any atom is -0.493 e. The lowest BCUT2D eigenvalue weighted by molar-refractivity contribution is -0.144. The fraction of sp³-hybridized carbons (Fsp3) is 0.417. The third-order valence-corrected chi connectivity index (χ3v) is 2.59. The molecule has 0 spiro atoms. The number of ether oxygens (including phenoxy) is 2. The summed E-state index contributed by atoms with van der Waals surface area (Å²) >= 11 is 6.07. The van der Waals surface area contributed by atoms with E-state index in [2.05, 4.69) is 5.32 Å². The second-order valence-corrected chi connectivity index (χ2v) is 4.14. The van der Waals surface area contributed by atoms with Gasteiger partial charge in [-0.3, -0.25) is 0 Å². The van der Waals surface area contributed by atoms with E-state index in [1.807, 2.05) is 7.05 Å². The van der Waals surface area contributed by atoms with Gasteiger partial charge in [-0.15, -0.1) is 0 Å². The van der Waals surface area contributed by atoms with Gasteiger partial charge in [-0.05, 0) is 31.7 Å². The highest BCUT2D eigenvalue weighted by Crippen LogP contribution is 2.37. The van der Waals surface area contributed by atoms with E-state index in [1.54, 1.807) is 12.1 Å². The SMILES string of the molecule is CNCc1cc(Cl)c(OC(C)C(=O)O)c(OC)c1. The van der Waals surface area contributed by atoms with E-state index < -0.39 is 12.1 Å². The number of methoxy groups -OCH3 is 1. The number of nitrogens with one attached hydrogen (secondary N) is 1. The van der Waals surface area contributed by atoms with Crippen molar-refractivity contribution in [3.63, 3.8) is 0 Å². The zero-order chi connectivity index (χ0) is 13.7. The van der Waals surface area contributed by atoms with Crippen LogP contribution in [0.4, 0.5) is 0 Å². The standard InChI is InChI=1S/C12H16ClNO4/c1-7(12(15)16)18-11-9(13)4-8(6-14-2)5-10(11)17-3/h4-5,7,14H,6H2,1-3H3,(H,15,16). The molecular formula is C12H16ClNO4. The third kappa shape index (κ3) is 3.51. The highest BCUT2D eigenvalue weighted by Gasteiger charge is 2.18. The van der Waals surface area contributed by atoms with Crippen LogP contribution in [0.1, 0.15) is 12.5 Å². The molecule has 18 heavy (non-hydrogen) atoms. The Kier molecular flexibility index (Phi) is 5.25. The molecule has 0 fully saturated rings. The summed E-state index contributed by atoms with van der Waals surface area (Å²) in [6.07, 6.45) is -0.994. The highest BCUT2D eigenvalue weighted by atomic mass is 35.5. The van der Waals surface area contributed by atoms with Crippen LogP contribution in [0.2, 0.25) is 5.02 Å². The summed E-state index contributed by atoms with van der Waals surface area (Å²) in [6.45, 7) is 2.06. The summed E-state index contributed by atoms with van der Waals surface area (Å²) in [6, 6.07) is 3.47. The molecule has 2 N–H and O–H groups in total. The fourth-order valence-electron chi connectivity index (χ4n) is 1.42. The van der Waals surface area contributed by atoms with E-state index in [1.165, 1.54) is 14.0 Å². The summed E-state index contributed by atoms with van der Waals surface area (Å²) in [5.74, 6) is -0.401. The highest BCUT2D eigenvalue weighted by molar-refractivity contribution is 6.32. The van der Waals surface area contributed by atoms with E-state index >= 15 is 0 Å². The molecule has 0 bridgehead atoms. The maximum absolute atomic E-state index is 10.8. The van der Waals surface area contributed by atoms with Gasteiger partial charge in [0.25, 0.3) is 0 Å². The molecule has 0 aromatic heterocycles. The Morgan fingerprint density at radius 1 is 1.56 bits per heavy atom. The quantitative estimate of drug-likeness (QED) is 0.829. The Balaban J connectivity index is 3.06. The number of carbonyl (C=O) groups is 1. The normalized spacial score (nSPS) is 12.0. The van der Waals surface area contributed by atoms with Crippen molar-refractivity contribution in [2.24, 2.45) is 0 Å². The molecule has 0 radical (unpaired) electrons. The Morgan fingerprint density at radius 3 is 2.72 bits per heavy atom. The second-order valence-electron chi connectivity index (χ2n) is 3.74. The summed E-state index contributed by atoms with van der Waals surface area (Å²) in [5, 5.41) is 12.1. The predicted molar refractivity (Wildman–Crippen MR) is 68.5 cm³/mol. The van der Waals surface area contributed by atoms with E-state index in [4.69, 9.17) is 26.2 Å². The van der Waals surface area contributed by atoms with Crippen molar-refractivity contribution in [3.05, 3.63) is 22.7 Å². The van der Waals surface area contributed by atoms with E-state index in [-0.39, 0.29) is 5.75 Å². The maximum atomic E-state index is 10.8. The van der Waals surface area contributed by atoms with Crippen LogP contribution in [0, 0.1) is 0 Å². The molecule has 0 amide bonds. The molecule has 1 aromatic carbocycles. The van der Waals surface area contributed by atoms with Gasteiger partial charge in [-0.25, -0.2) is 4.79 Å². The van der Waals surface area contributed by atoms with Crippen LogP contribution >= 0.6 is 11.6 Å². The minimum atomic E-state index is -1.06. The van der Waals surface area contributed by atoms with Crippen molar-refractivity contribution in [2.45, 2.75) is 19.6 Å². The molecule has 6 heteroatoms. The zero-order valence-corrected chi connectivity index (χ0v) is 11.2. The smallest absolute Gasteiger partial charge is 0.344 e. The first kappa shape index (κ1) is 14.6. The van der Waals surface area contributed by atoms with Gasteiger partial charge >= 0.3 is 5.97 Å². The number of carboxylic acids is 1. The van der Waals surface area contributed by atoms with Gasteiger partial charge in [0.05, 0.1) is 12.1 Å². The first-order valence-corrected chi connectivity index (χ1v) is 5.77.